The standard InChI is InChI=1S/C15H21N5/c1-2-20-11-19-13-14(17-10-18-15(13)20)16-9-8-12-6-4-3-5-7-12/h6,10-11H,2-5,7-9H2,1H3,(H,16,17,18). The minimum absolute atomic E-state index is 0.846. The fraction of sp³-hybridized carbons (Fsp3) is 0.533. The van der Waals surface area contributed by atoms with Gasteiger partial charge in [-0.25, -0.2) is 15.0 Å². The molecule has 5 nitrogen and oxygen atoms in total. The molecule has 0 unspecified atom stereocenters. The highest BCUT2D eigenvalue weighted by atomic mass is 15.1. The Labute approximate surface area is 119 Å². The zero-order valence-electron chi connectivity index (χ0n) is 12.0. The molecule has 0 radical (unpaired) electrons. The zero-order valence-corrected chi connectivity index (χ0v) is 12.0. The summed E-state index contributed by atoms with van der Waals surface area (Å²) in [5.74, 6) is 0.846. The van der Waals surface area contributed by atoms with Gasteiger partial charge in [-0.15, -0.1) is 0 Å². The molecular weight excluding hydrogens is 250 g/mol. The summed E-state index contributed by atoms with van der Waals surface area (Å²) in [6.45, 7) is 3.88. The third-order valence-corrected chi connectivity index (χ3v) is 3.87. The SMILES string of the molecule is CCn1cnc2c(NCCC3=CCCCC3)ncnc21. The zero-order chi connectivity index (χ0) is 13.8. The Balaban J connectivity index is 1.68. The molecule has 5 heteroatoms. The van der Waals surface area contributed by atoms with Gasteiger partial charge in [-0.2, -0.15) is 0 Å². The van der Waals surface area contributed by atoms with Gasteiger partial charge in [0.2, 0.25) is 0 Å². The third kappa shape index (κ3) is 2.66. The molecule has 0 saturated carbocycles. The van der Waals surface area contributed by atoms with Gasteiger partial charge < -0.3 is 9.88 Å². The minimum Gasteiger partial charge on any atom is -0.368 e. The maximum Gasteiger partial charge on any atom is 0.165 e. The molecule has 1 aliphatic carbocycles. The van der Waals surface area contributed by atoms with Crippen LogP contribution in [-0.2, 0) is 6.54 Å². The van der Waals surface area contributed by atoms with Crippen LogP contribution in [0, 0.1) is 0 Å². The Morgan fingerprint density at radius 3 is 3.00 bits per heavy atom. The van der Waals surface area contributed by atoms with Crippen molar-refractivity contribution in [1.29, 1.82) is 0 Å². The lowest BCUT2D eigenvalue weighted by molar-refractivity contribution is 0.679. The van der Waals surface area contributed by atoms with Gasteiger partial charge in [0.25, 0.3) is 0 Å². The molecule has 0 aliphatic heterocycles. The summed E-state index contributed by atoms with van der Waals surface area (Å²) >= 11 is 0. The first kappa shape index (κ1) is 13.1. The van der Waals surface area contributed by atoms with Crippen molar-refractivity contribution in [3.63, 3.8) is 0 Å². The summed E-state index contributed by atoms with van der Waals surface area (Å²) in [4.78, 5) is 13.0. The topological polar surface area (TPSA) is 55.6 Å². The van der Waals surface area contributed by atoms with E-state index >= 15 is 0 Å². The van der Waals surface area contributed by atoms with E-state index in [-0.39, 0.29) is 0 Å². The van der Waals surface area contributed by atoms with Gasteiger partial charge in [0.05, 0.1) is 6.33 Å². The molecule has 0 fully saturated rings. The molecule has 3 rings (SSSR count). The van der Waals surface area contributed by atoms with E-state index in [1.54, 1.807) is 11.9 Å². The number of nitrogens with zero attached hydrogens (tertiary/aromatic N) is 4. The molecule has 1 aliphatic rings. The fourth-order valence-electron chi connectivity index (χ4n) is 2.71. The van der Waals surface area contributed by atoms with Gasteiger partial charge in [0, 0.05) is 13.1 Å². The molecule has 2 heterocycles. The number of hydrogen-bond donors (Lipinski definition) is 1. The number of fused-ring (bicyclic) bond motifs is 1. The van der Waals surface area contributed by atoms with Crippen LogP contribution in [0.4, 0.5) is 5.82 Å². The molecule has 106 valence electrons. The van der Waals surface area contributed by atoms with Crippen molar-refractivity contribution < 1.29 is 0 Å². The highest BCUT2D eigenvalue weighted by Gasteiger charge is 2.09. The van der Waals surface area contributed by atoms with Gasteiger partial charge in [0.15, 0.2) is 11.5 Å². The van der Waals surface area contributed by atoms with Crippen molar-refractivity contribution in [1.82, 2.24) is 19.5 Å². The molecular formula is C15H21N5. The molecule has 20 heavy (non-hydrogen) atoms. The summed E-state index contributed by atoms with van der Waals surface area (Å²) in [7, 11) is 0. The Kier molecular flexibility index (Phi) is 3.95. The average Bonchev–Trinajstić information content (AvgIpc) is 2.92. The monoisotopic (exact) mass is 271 g/mol. The number of anilines is 1. The van der Waals surface area contributed by atoms with Crippen molar-refractivity contribution >= 4 is 17.0 Å². The van der Waals surface area contributed by atoms with Crippen molar-refractivity contribution in [3.8, 4) is 0 Å². The molecule has 0 amide bonds. The lowest BCUT2D eigenvalue weighted by Crippen LogP contribution is -2.07. The van der Waals surface area contributed by atoms with E-state index < -0.39 is 0 Å². The van der Waals surface area contributed by atoms with Crippen LogP contribution in [0.5, 0.6) is 0 Å². The smallest absolute Gasteiger partial charge is 0.165 e. The summed E-state index contributed by atoms with van der Waals surface area (Å²) in [5.41, 5.74) is 3.35. The van der Waals surface area contributed by atoms with Crippen LogP contribution in [-0.4, -0.2) is 26.1 Å². The Morgan fingerprint density at radius 1 is 1.25 bits per heavy atom. The minimum atomic E-state index is 0.846. The average molecular weight is 271 g/mol. The van der Waals surface area contributed by atoms with E-state index in [1.165, 1.54) is 25.7 Å². The van der Waals surface area contributed by atoms with Gasteiger partial charge >= 0.3 is 0 Å². The van der Waals surface area contributed by atoms with Crippen molar-refractivity contribution in [2.24, 2.45) is 0 Å². The van der Waals surface area contributed by atoms with Gasteiger partial charge in [-0.3, -0.25) is 0 Å². The quantitative estimate of drug-likeness (QED) is 0.849. The van der Waals surface area contributed by atoms with E-state index in [1.807, 2.05) is 10.9 Å². The van der Waals surface area contributed by atoms with Gasteiger partial charge in [0.1, 0.15) is 11.8 Å². The number of hydrogen-bond acceptors (Lipinski definition) is 4. The van der Waals surface area contributed by atoms with Crippen LogP contribution < -0.4 is 5.32 Å². The normalized spacial score (nSPS) is 15.3. The summed E-state index contributed by atoms with van der Waals surface area (Å²) in [5, 5.41) is 3.40. The third-order valence-electron chi connectivity index (χ3n) is 3.87. The molecule has 0 saturated heterocycles. The van der Waals surface area contributed by atoms with Crippen LogP contribution >= 0.6 is 0 Å². The first-order valence-corrected chi connectivity index (χ1v) is 7.46. The Bertz CT molecular complexity index is 614. The summed E-state index contributed by atoms with van der Waals surface area (Å²) in [6.07, 6.45) is 12.1. The van der Waals surface area contributed by atoms with Crippen LogP contribution in [0.15, 0.2) is 24.3 Å². The van der Waals surface area contributed by atoms with Crippen LogP contribution in [0.3, 0.4) is 0 Å². The van der Waals surface area contributed by atoms with Crippen molar-refractivity contribution in [2.75, 3.05) is 11.9 Å². The molecule has 1 N–H and O–H groups in total. The molecule has 0 spiro atoms. The fourth-order valence-corrected chi connectivity index (χ4v) is 2.71. The van der Waals surface area contributed by atoms with E-state index in [0.29, 0.717) is 0 Å². The summed E-state index contributed by atoms with van der Waals surface area (Å²) < 4.78 is 2.03. The second-order valence-electron chi connectivity index (χ2n) is 5.21. The first-order valence-electron chi connectivity index (χ1n) is 7.46. The van der Waals surface area contributed by atoms with E-state index in [0.717, 1.165) is 36.5 Å². The molecule has 2 aromatic rings. The second-order valence-corrected chi connectivity index (χ2v) is 5.21. The molecule has 0 bridgehead atoms. The number of aromatic nitrogens is 4. The Hall–Kier alpha value is -1.91. The van der Waals surface area contributed by atoms with Crippen LogP contribution in [0.1, 0.15) is 39.0 Å². The predicted molar refractivity (Wildman–Crippen MR) is 80.7 cm³/mol. The highest BCUT2D eigenvalue weighted by Crippen LogP contribution is 2.21. The van der Waals surface area contributed by atoms with Crippen LogP contribution in [0.25, 0.3) is 11.2 Å². The van der Waals surface area contributed by atoms with E-state index in [2.05, 4.69) is 33.3 Å². The summed E-state index contributed by atoms with van der Waals surface area (Å²) in [6, 6.07) is 0. The maximum absolute atomic E-state index is 4.42. The molecule has 0 aromatic carbocycles. The number of allylic oxidation sites excluding steroid dienone is 1. The van der Waals surface area contributed by atoms with Gasteiger partial charge in [-0.1, -0.05) is 11.6 Å². The first-order chi connectivity index (χ1) is 9.88. The number of imidazole rings is 1. The van der Waals surface area contributed by atoms with Crippen molar-refractivity contribution in [3.05, 3.63) is 24.3 Å². The van der Waals surface area contributed by atoms with Crippen molar-refractivity contribution in [2.45, 2.75) is 45.6 Å². The number of nitrogens with one attached hydrogen (secondary N) is 1. The molecule has 0 atom stereocenters. The van der Waals surface area contributed by atoms with E-state index in [9.17, 15) is 0 Å². The number of aryl methyl sites for hydroxylation is 1. The second kappa shape index (κ2) is 6.03. The largest absolute Gasteiger partial charge is 0.368 e. The highest BCUT2D eigenvalue weighted by molar-refractivity contribution is 5.82. The lowest BCUT2D eigenvalue weighted by Gasteiger charge is -2.13. The maximum atomic E-state index is 4.42. The molecule has 2 aromatic heterocycles. The predicted octanol–water partition coefficient (Wildman–Crippen LogP) is 3.15. The Morgan fingerprint density at radius 2 is 2.20 bits per heavy atom. The van der Waals surface area contributed by atoms with Crippen LogP contribution in [0.2, 0.25) is 0 Å². The van der Waals surface area contributed by atoms with Gasteiger partial charge in [-0.05, 0) is 39.0 Å². The number of rotatable bonds is 5. The van der Waals surface area contributed by atoms with E-state index in [4.69, 9.17) is 0 Å². The lowest BCUT2D eigenvalue weighted by atomic mass is 9.97.